The Kier molecular flexibility index (Phi) is 3.31. The second-order valence-electron chi connectivity index (χ2n) is 6.71. The van der Waals surface area contributed by atoms with E-state index in [0.717, 1.165) is 6.42 Å². The number of nitrogens with one attached hydrogen (secondary N) is 1. The van der Waals surface area contributed by atoms with Crippen molar-refractivity contribution in [3.63, 3.8) is 0 Å². The van der Waals surface area contributed by atoms with Crippen molar-refractivity contribution < 1.29 is 0 Å². The van der Waals surface area contributed by atoms with Gasteiger partial charge in [0.25, 0.3) is 0 Å². The van der Waals surface area contributed by atoms with Crippen molar-refractivity contribution in [3.05, 3.63) is 35.4 Å². The van der Waals surface area contributed by atoms with Gasteiger partial charge in [-0.3, -0.25) is 0 Å². The van der Waals surface area contributed by atoms with E-state index >= 15 is 0 Å². The minimum atomic E-state index is 0.258. The van der Waals surface area contributed by atoms with E-state index in [1.807, 2.05) is 0 Å². The van der Waals surface area contributed by atoms with Crippen molar-refractivity contribution in [2.45, 2.75) is 57.9 Å². The van der Waals surface area contributed by atoms with Crippen LogP contribution in [0.15, 0.2) is 24.3 Å². The van der Waals surface area contributed by atoms with E-state index in [4.69, 9.17) is 0 Å². The Hall–Kier alpha value is -0.820. The van der Waals surface area contributed by atoms with E-state index in [9.17, 15) is 0 Å². The predicted octanol–water partition coefficient (Wildman–Crippen LogP) is 3.67. The van der Waals surface area contributed by atoms with Crippen molar-refractivity contribution in [1.82, 2.24) is 5.32 Å². The van der Waals surface area contributed by atoms with Gasteiger partial charge in [0.1, 0.15) is 0 Å². The minimum Gasteiger partial charge on any atom is -0.311 e. The molecule has 0 bridgehead atoms. The molecule has 0 unspecified atom stereocenters. The summed E-state index contributed by atoms with van der Waals surface area (Å²) in [5.74, 6) is 0. The molecule has 94 valence electrons. The quantitative estimate of drug-likeness (QED) is 0.819. The highest BCUT2D eigenvalue weighted by Crippen LogP contribution is 2.26. The highest BCUT2D eigenvalue weighted by Gasteiger charge is 2.27. The Balaban J connectivity index is 2.08. The molecule has 1 saturated heterocycles. The van der Waals surface area contributed by atoms with Gasteiger partial charge in [-0.25, -0.2) is 0 Å². The molecule has 1 fully saturated rings. The lowest BCUT2D eigenvalue weighted by atomic mass is 9.85. The van der Waals surface area contributed by atoms with Gasteiger partial charge >= 0.3 is 0 Å². The zero-order valence-corrected chi connectivity index (χ0v) is 11.6. The van der Waals surface area contributed by atoms with Gasteiger partial charge in [0.15, 0.2) is 0 Å². The van der Waals surface area contributed by atoms with Crippen LogP contribution in [0.2, 0.25) is 0 Å². The monoisotopic (exact) mass is 231 g/mol. The van der Waals surface area contributed by atoms with Crippen LogP contribution in [0.3, 0.4) is 0 Å². The third-order valence-corrected chi connectivity index (χ3v) is 3.87. The molecule has 0 amide bonds. The van der Waals surface area contributed by atoms with Crippen LogP contribution < -0.4 is 5.32 Å². The number of benzene rings is 1. The molecule has 17 heavy (non-hydrogen) atoms. The minimum absolute atomic E-state index is 0.258. The first-order chi connectivity index (χ1) is 7.89. The van der Waals surface area contributed by atoms with Gasteiger partial charge < -0.3 is 5.32 Å². The fourth-order valence-corrected chi connectivity index (χ4v) is 2.68. The fraction of sp³-hybridized carbons (Fsp3) is 0.625. The Bertz CT molecular complexity index is 364. The lowest BCUT2D eigenvalue weighted by molar-refractivity contribution is 0.412. The second-order valence-corrected chi connectivity index (χ2v) is 6.71. The molecular formula is C16H25N. The van der Waals surface area contributed by atoms with Crippen LogP contribution in [0.25, 0.3) is 0 Å². The summed E-state index contributed by atoms with van der Waals surface area (Å²) in [5.41, 5.74) is 3.46. The summed E-state index contributed by atoms with van der Waals surface area (Å²) < 4.78 is 0. The van der Waals surface area contributed by atoms with E-state index in [1.165, 1.54) is 30.5 Å². The zero-order chi connectivity index (χ0) is 12.5. The maximum atomic E-state index is 3.63. The number of hydrogen-bond donors (Lipinski definition) is 1. The first kappa shape index (κ1) is 12.6. The fourth-order valence-electron chi connectivity index (χ4n) is 2.68. The maximum absolute atomic E-state index is 3.63. The molecule has 0 aromatic heterocycles. The van der Waals surface area contributed by atoms with Gasteiger partial charge in [-0.2, -0.15) is 0 Å². The Morgan fingerprint density at radius 1 is 1.18 bits per heavy atom. The number of rotatable bonds is 2. The Morgan fingerprint density at radius 3 is 2.29 bits per heavy atom. The van der Waals surface area contributed by atoms with Crippen LogP contribution in [0.5, 0.6) is 0 Å². The summed E-state index contributed by atoms with van der Waals surface area (Å²) in [6.07, 6.45) is 3.77. The molecule has 1 atom stereocenters. The molecule has 1 heterocycles. The van der Waals surface area contributed by atoms with Gasteiger partial charge in [0, 0.05) is 5.54 Å². The van der Waals surface area contributed by atoms with Crippen molar-refractivity contribution in [1.29, 1.82) is 0 Å². The van der Waals surface area contributed by atoms with Gasteiger partial charge in [-0.15, -0.1) is 0 Å². The van der Waals surface area contributed by atoms with Crippen LogP contribution in [0.1, 0.15) is 51.7 Å². The highest BCUT2D eigenvalue weighted by atomic mass is 15.0. The average molecular weight is 231 g/mol. The smallest absolute Gasteiger partial charge is 0.0194 e. The van der Waals surface area contributed by atoms with E-state index in [1.54, 1.807) is 0 Å². The summed E-state index contributed by atoms with van der Waals surface area (Å²) >= 11 is 0. The van der Waals surface area contributed by atoms with Crippen LogP contribution in [-0.4, -0.2) is 12.1 Å². The first-order valence-electron chi connectivity index (χ1n) is 6.74. The Morgan fingerprint density at radius 2 is 1.82 bits per heavy atom. The highest BCUT2D eigenvalue weighted by molar-refractivity contribution is 5.28. The maximum Gasteiger partial charge on any atom is 0.0194 e. The first-order valence-corrected chi connectivity index (χ1v) is 6.74. The van der Waals surface area contributed by atoms with Gasteiger partial charge in [-0.1, -0.05) is 45.0 Å². The molecule has 1 aromatic rings. The van der Waals surface area contributed by atoms with Crippen molar-refractivity contribution in [3.8, 4) is 0 Å². The van der Waals surface area contributed by atoms with Crippen LogP contribution >= 0.6 is 0 Å². The van der Waals surface area contributed by atoms with Gasteiger partial charge in [0.05, 0.1) is 0 Å². The molecule has 0 saturated carbocycles. The van der Waals surface area contributed by atoms with Crippen molar-refractivity contribution in [2.75, 3.05) is 6.54 Å². The lowest BCUT2D eigenvalue weighted by Gasteiger charge is -2.25. The lowest BCUT2D eigenvalue weighted by Crippen LogP contribution is -2.38. The second kappa shape index (κ2) is 4.45. The molecule has 1 nitrogen and oxygen atoms in total. The molecule has 1 aliphatic heterocycles. The van der Waals surface area contributed by atoms with Gasteiger partial charge in [-0.05, 0) is 49.3 Å². The van der Waals surface area contributed by atoms with E-state index < -0.39 is 0 Å². The standard InChI is InChI=1S/C16H25N/c1-15(2,3)14-8-6-13(7-9-14)12-16(4)10-5-11-17-16/h6-9,17H,5,10-12H2,1-4H3/t16-/m0/s1. The largest absolute Gasteiger partial charge is 0.311 e. The SMILES string of the molecule is CC(C)(C)c1ccc(C[C@]2(C)CCCN2)cc1. The molecule has 1 N–H and O–H groups in total. The van der Waals surface area contributed by atoms with Crippen LogP contribution in [0.4, 0.5) is 0 Å². The molecular weight excluding hydrogens is 206 g/mol. The third-order valence-electron chi connectivity index (χ3n) is 3.87. The van der Waals surface area contributed by atoms with Gasteiger partial charge in [0.2, 0.25) is 0 Å². The molecule has 1 aromatic carbocycles. The zero-order valence-electron chi connectivity index (χ0n) is 11.6. The summed E-state index contributed by atoms with van der Waals surface area (Å²) in [6, 6.07) is 9.17. The molecule has 0 aliphatic carbocycles. The topological polar surface area (TPSA) is 12.0 Å². The summed E-state index contributed by atoms with van der Waals surface area (Å²) in [4.78, 5) is 0. The summed E-state index contributed by atoms with van der Waals surface area (Å²) in [5, 5.41) is 3.63. The molecule has 2 rings (SSSR count). The molecule has 0 spiro atoms. The van der Waals surface area contributed by atoms with Crippen LogP contribution in [0, 0.1) is 0 Å². The predicted molar refractivity (Wildman–Crippen MR) is 74.5 cm³/mol. The average Bonchev–Trinajstić information content (AvgIpc) is 2.64. The van der Waals surface area contributed by atoms with Crippen LogP contribution in [-0.2, 0) is 11.8 Å². The molecule has 1 aliphatic rings. The van der Waals surface area contributed by atoms with E-state index in [-0.39, 0.29) is 5.41 Å². The Labute approximate surface area is 106 Å². The van der Waals surface area contributed by atoms with E-state index in [2.05, 4.69) is 57.3 Å². The van der Waals surface area contributed by atoms with Crippen molar-refractivity contribution >= 4 is 0 Å². The third kappa shape index (κ3) is 3.10. The summed E-state index contributed by atoms with van der Waals surface area (Å²) in [7, 11) is 0. The number of hydrogen-bond acceptors (Lipinski definition) is 1. The van der Waals surface area contributed by atoms with E-state index in [0.29, 0.717) is 5.54 Å². The molecule has 0 radical (unpaired) electrons. The molecule has 1 heteroatoms. The normalized spacial score (nSPS) is 25.2. The van der Waals surface area contributed by atoms with Crippen molar-refractivity contribution in [2.24, 2.45) is 0 Å². The summed E-state index contributed by atoms with van der Waals surface area (Å²) in [6.45, 7) is 10.3.